The molecule has 0 amide bonds. The van der Waals surface area contributed by atoms with Gasteiger partial charge in [-0.2, -0.15) is 0 Å². The van der Waals surface area contributed by atoms with Gasteiger partial charge >= 0.3 is 0 Å². The molecule has 0 aromatic rings. The number of halogens is 1. The van der Waals surface area contributed by atoms with Crippen LogP contribution in [-0.4, -0.2) is 20.1 Å². The van der Waals surface area contributed by atoms with Gasteiger partial charge in [-0.3, -0.25) is 0 Å². The number of hydrogen-bond acceptors (Lipinski definition) is 4. The number of allylic oxidation sites excluding steroid dienone is 2. The van der Waals surface area contributed by atoms with Gasteiger partial charge in [0.05, 0.1) is 4.91 Å². The molecule has 16 heavy (non-hydrogen) atoms. The quantitative estimate of drug-likeness (QED) is 0.701. The molecular formula is C9H16BrN3O2S. The van der Waals surface area contributed by atoms with Crippen LogP contribution in [0.1, 0.15) is 20.8 Å². The first kappa shape index (κ1) is 13.7. The van der Waals surface area contributed by atoms with Gasteiger partial charge in [-0.15, -0.1) is 0 Å². The van der Waals surface area contributed by atoms with Crippen LogP contribution in [0.2, 0.25) is 0 Å². The maximum absolute atomic E-state index is 12.0. The molecule has 1 rings (SSSR count). The van der Waals surface area contributed by atoms with Gasteiger partial charge in [-0.1, -0.05) is 0 Å². The molecule has 0 fully saturated rings. The van der Waals surface area contributed by atoms with Gasteiger partial charge in [0.2, 0.25) is 10.0 Å². The number of dihydropyridines is 1. The van der Waals surface area contributed by atoms with E-state index in [9.17, 15) is 8.42 Å². The van der Waals surface area contributed by atoms with Gasteiger partial charge < -0.3 is 11.1 Å². The molecule has 0 spiro atoms. The molecule has 0 saturated heterocycles. The number of rotatable bonds is 2. The molecule has 0 aliphatic carbocycles. The zero-order valence-electron chi connectivity index (χ0n) is 9.41. The van der Waals surface area contributed by atoms with Crippen molar-refractivity contribution >= 4 is 26.0 Å². The van der Waals surface area contributed by atoms with Gasteiger partial charge in [0.15, 0.2) is 0 Å². The maximum Gasteiger partial charge on any atom is 0.240 e. The van der Waals surface area contributed by atoms with E-state index in [-0.39, 0.29) is 4.91 Å². The minimum atomic E-state index is -3.57. The Bertz CT molecular complexity index is 434. The Morgan fingerprint density at radius 3 is 2.56 bits per heavy atom. The van der Waals surface area contributed by atoms with Crippen molar-refractivity contribution in [2.45, 2.75) is 32.5 Å². The summed E-state index contributed by atoms with van der Waals surface area (Å²) in [5, 5.41) is 2.76. The van der Waals surface area contributed by atoms with Crippen molar-refractivity contribution in [1.82, 2.24) is 10.0 Å². The average molecular weight is 310 g/mol. The first-order valence-electron chi connectivity index (χ1n) is 4.75. The summed E-state index contributed by atoms with van der Waals surface area (Å²) in [7, 11) is -3.57. The monoisotopic (exact) mass is 309 g/mol. The molecule has 5 nitrogen and oxygen atoms in total. The summed E-state index contributed by atoms with van der Waals surface area (Å²) in [6.07, 6.45) is 2.39. The van der Waals surface area contributed by atoms with Crippen LogP contribution in [0, 0.1) is 0 Å². The number of nitrogens with one attached hydrogen (secondary N) is 2. The Hall–Kier alpha value is -0.370. The van der Waals surface area contributed by atoms with Crippen LogP contribution in [0.3, 0.4) is 0 Å². The molecule has 0 bridgehead atoms. The Morgan fingerprint density at radius 1 is 1.50 bits per heavy atom. The first-order valence-corrected chi connectivity index (χ1v) is 7.02. The molecule has 1 atom stereocenters. The summed E-state index contributed by atoms with van der Waals surface area (Å²) in [6.45, 7) is 5.33. The molecular weight excluding hydrogens is 294 g/mol. The zero-order chi connectivity index (χ0) is 12.6. The Morgan fingerprint density at radius 2 is 2.06 bits per heavy atom. The van der Waals surface area contributed by atoms with E-state index < -0.39 is 21.7 Å². The van der Waals surface area contributed by atoms with E-state index in [2.05, 4.69) is 26.0 Å². The number of sulfonamides is 1. The van der Waals surface area contributed by atoms with Crippen LogP contribution in [0.25, 0.3) is 0 Å². The lowest BCUT2D eigenvalue weighted by Crippen LogP contribution is -2.48. The van der Waals surface area contributed by atoms with Crippen molar-refractivity contribution in [3.05, 3.63) is 21.7 Å². The second kappa shape index (κ2) is 4.48. The van der Waals surface area contributed by atoms with Crippen LogP contribution < -0.4 is 15.8 Å². The topological polar surface area (TPSA) is 84.2 Å². The molecule has 1 heterocycles. The van der Waals surface area contributed by atoms with Gasteiger partial charge in [0, 0.05) is 16.2 Å². The molecule has 0 saturated carbocycles. The van der Waals surface area contributed by atoms with Crippen LogP contribution in [-0.2, 0) is 10.0 Å². The Kier molecular flexibility index (Phi) is 3.83. The lowest BCUT2D eigenvalue weighted by atomic mass is 10.1. The molecule has 1 aliphatic rings. The molecule has 0 aromatic carbocycles. The van der Waals surface area contributed by atoms with Gasteiger partial charge in [0.25, 0.3) is 0 Å². The predicted molar refractivity (Wildman–Crippen MR) is 68.0 cm³/mol. The van der Waals surface area contributed by atoms with Crippen molar-refractivity contribution in [2.24, 2.45) is 5.73 Å². The van der Waals surface area contributed by atoms with Crippen molar-refractivity contribution in [3.8, 4) is 0 Å². The summed E-state index contributed by atoms with van der Waals surface area (Å²) < 4.78 is 27.2. The summed E-state index contributed by atoms with van der Waals surface area (Å²) in [4.78, 5) is 0.122. The van der Waals surface area contributed by atoms with E-state index in [0.29, 0.717) is 4.48 Å². The summed E-state index contributed by atoms with van der Waals surface area (Å²) >= 11 is 3.20. The normalized spacial score (nSPS) is 22.2. The van der Waals surface area contributed by atoms with Crippen molar-refractivity contribution in [2.75, 3.05) is 0 Å². The molecule has 92 valence electrons. The van der Waals surface area contributed by atoms with E-state index in [0.717, 1.165) is 0 Å². The maximum atomic E-state index is 12.0. The largest absolute Gasteiger partial charge is 0.371 e. The fraction of sp³-hybridized carbons (Fsp3) is 0.556. The van der Waals surface area contributed by atoms with Gasteiger partial charge in [-0.05, 0) is 42.8 Å². The van der Waals surface area contributed by atoms with Crippen molar-refractivity contribution in [3.63, 3.8) is 0 Å². The van der Waals surface area contributed by atoms with E-state index in [1.54, 1.807) is 27.0 Å². The van der Waals surface area contributed by atoms with Crippen LogP contribution in [0.5, 0.6) is 0 Å². The van der Waals surface area contributed by atoms with Crippen LogP contribution in [0.15, 0.2) is 21.7 Å². The average Bonchev–Trinajstić information content (AvgIpc) is 2.04. The van der Waals surface area contributed by atoms with Crippen LogP contribution in [0.4, 0.5) is 0 Å². The van der Waals surface area contributed by atoms with Crippen LogP contribution >= 0.6 is 15.9 Å². The smallest absolute Gasteiger partial charge is 0.240 e. The van der Waals surface area contributed by atoms with E-state index >= 15 is 0 Å². The third kappa shape index (κ3) is 3.58. The second-order valence-electron chi connectivity index (χ2n) is 4.58. The summed E-state index contributed by atoms with van der Waals surface area (Å²) in [5.74, 6) is 0. The fourth-order valence-electron chi connectivity index (χ4n) is 1.23. The molecule has 1 aliphatic heterocycles. The lowest BCUT2D eigenvalue weighted by Gasteiger charge is -2.25. The SMILES string of the molecule is CC(C)(C)NS(=O)(=O)C1=CC(Br)=CNC1N. The minimum Gasteiger partial charge on any atom is -0.371 e. The Labute approximate surface area is 104 Å². The van der Waals surface area contributed by atoms with E-state index in [1.807, 2.05) is 0 Å². The molecule has 0 radical (unpaired) electrons. The predicted octanol–water partition coefficient (Wildman–Crippen LogP) is 0.713. The molecule has 7 heteroatoms. The first-order chi connectivity index (χ1) is 7.12. The fourth-order valence-corrected chi connectivity index (χ4v) is 3.36. The highest BCUT2D eigenvalue weighted by atomic mass is 79.9. The highest BCUT2D eigenvalue weighted by Gasteiger charge is 2.29. The Balaban J connectivity index is 3.04. The molecule has 1 unspecified atom stereocenters. The number of hydrogen-bond donors (Lipinski definition) is 3. The molecule has 4 N–H and O–H groups in total. The third-order valence-corrected chi connectivity index (χ3v) is 4.07. The number of nitrogens with two attached hydrogens (primary N) is 1. The van der Waals surface area contributed by atoms with Gasteiger partial charge in [-0.25, -0.2) is 13.1 Å². The third-order valence-electron chi connectivity index (χ3n) is 1.74. The van der Waals surface area contributed by atoms with E-state index in [4.69, 9.17) is 5.73 Å². The minimum absolute atomic E-state index is 0.122. The standard InChI is InChI=1S/C9H16BrN3O2S/c1-9(2,3)13-16(14,15)7-4-6(10)5-12-8(7)11/h4-5,8,12-13H,11H2,1-3H3. The second-order valence-corrected chi connectivity index (χ2v) is 7.17. The highest BCUT2D eigenvalue weighted by molar-refractivity contribution is 9.11. The molecule has 0 aromatic heterocycles. The summed E-state index contributed by atoms with van der Waals surface area (Å²) in [6, 6.07) is 0. The van der Waals surface area contributed by atoms with Gasteiger partial charge in [0.1, 0.15) is 6.17 Å². The highest BCUT2D eigenvalue weighted by Crippen LogP contribution is 2.20. The zero-order valence-corrected chi connectivity index (χ0v) is 11.8. The van der Waals surface area contributed by atoms with E-state index in [1.165, 1.54) is 6.08 Å². The van der Waals surface area contributed by atoms with Crippen molar-refractivity contribution < 1.29 is 8.42 Å². The summed E-state index contributed by atoms with van der Waals surface area (Å²) in [5.41, 5.74) is 5.15. The lowest BCUT2D eigenvalue weighted by molar-refractivity contribution is 0.492. The van der Waals surface area contributed by atoms with Crippen molar-refractivity contribution in [1.29, 1.82) is 0 Å².